The van der Waals surface area contributed by atoms with Gasteiger partial charge in [-0.3, -0.25) is 4.79 Å². The molecule has 3 rings (SSSR count). The number of thiazole rings is 1. The molecule has 3 aromatic rings. The highest BCUT2D eigenvalue weighted by atomic mass is 32.1. The van der Waals surface area contributed by atoms with E-state index in [1.165, 1.54) is 0 Å². The predicted octanol–water partition coefficient (Wildman–Crippen LogP) is 3.88. The first-order valence-corrected chi connectivity index (χ1v) is 8.26. The van der Waals surface area contributed by atoms with Gasteiger partial charge in [-0.2, -0.15) is 0 Å². The van der Waals surface area contributed by atoms with E-state index in [2.05, 4.69) is 10.3 Å². The van der Waals surface area contributed by atoms with Crippen LogP contribution in [0.5, 0.6) is 0 Å². The van der Waals surface area contributed by atoms with Crippen molar-refractivity contribution in [2.45, 2.75) is 26.8 Å². The van der Waals surface area contributed by atoms with Crippen molar-refractivity contribution in [2.75, 3.05) is 0 Å². The molecule has 0 saturated carbocycles. The van der Waals surface area contributed by atoms with E-state index in [1.807, 2.05) is 50.2 Å². The van der Waals surface area contributed by atoms with E-state index in [4.69, 9.17) is 4.42 Å². The number of carbonyl (C=O) groups excluding carboxylic acids is 1. The number of nitrogens with zero attached hydrogens (tertiary/aromatic N) is 1. The van der Waals surface area contributed by atoms with Crippen molar-refractivity contribution in [1.82, 2.24) is 10.3 Å². The van der Waals surface area contributed by atoms with Gasteiger partial charge in [0.1, 0.15) is 0 Å². The van der Waals surface area contributed by atoms with E-state index in [-0.39, 0.29) is 5.91 Å². The number of hydrogen-bond acceptors (Lipinski definition) is 4. The molecule has 0 unspecified atom stereocenters. The van der Waals surface area contributed by atoms with Crippen molar-refractivity contribution in [3.63, 3.8) is 0 Å². The Morgan fingerprint density at radius 2 is 2.04 bits per heavy atom. The summed E-state index contributed by atoms with van der Waals surface area (Å²) in [4.78, 5) is 17.7. The number of amides is 1. The molecule has 0 radical (unpaired) electrons. The fourth-order valence-electron chi connectivity index (χ4n) is 2.32. The zero-order valence-corrected chi connectivity index (χ0v) is 13.9. The number of benzene rings is 1. The fourth-order valence-corrected chi connectivity index (χ4v) is 3.29. The highest BCUT2D eigenvalue weighted by Crippen LogP contribution is 2.28. The summed E-state index contributed by atoms with van der Waals surface area (Å²) in [6.07, 6.45) is 2.03. The van der Waals surface area contributed by atoms with Crippen LogP contribution in [-0.4, -0.2) is 10.9 Å². The fraction of sp³-hybridized carbons (Fsp3) is 0.222. The molecule has 1 N–H and O–H groups in total. The predicted molar refractivity (Wildman–Crippen MR) is 91.3 cm³/mol. The Kier molecular flexibility index (Phi) is 4.57. The van der Waals surface area contributed by atoms with Gasteiger partial charge >= 0.3 is 0 Å². The zero-order valence-electron chi connectivity index (χ0n) is 13.1. The topological polar surface area (TPSA) is 55.1 Å². The van der Waals surface area contributed by atoms with Crippen LogP contribution < -0.4 is 5.32 Å². The van der Waals surface area contributed by atoms with Gasteiger partial charge in [-0.1, -0.05) is 24.3 Å². The Bertz CT molecular complexity index is 806. The summed E-state index contributed by atoms with van der Waals surface area (Å²) in [6, 6.07) is 11.7. The lowest BCUT2D eigenvalue weighted by atomic mass is 10.1. The molecule has 0 bridgehead atoms. The number of furan rings is 1. The number of aromatic nitrogens is 1. The SMILES string of the molecule is Cc1ccccc1CC(=O)NCc1sc(-c2ccco2)nc1C. The smallest absolute Gasteiger partial charge is 0.224 e. The monoisotopic (exact) mass is 326 g/mol. The van der Waals surface area contributed by atoms with E-state index in [0.29, 0.717) is 13.0 Å². The largest absolute Gasteiger partial charge is 0.462 e. The van der Waals surface area contributed by atoms with Gasteiger partial charge < -0.3 is 9.73 Å². The van der Waals surface area contributed by atoms with Gasteiger partial charge in [0.15, 0.2) is 10.8 Å². The average molecular weight is 326 g/mol. The van der Waals surface area contributed by atoms with Gasteiger partial charge in [0, 0.05) is 4.88 Å². The lowest BCUT2D eigenvalue weighted by Gasteiger charge is -2.06. The third kappa shape index (κ3) is 3.68. The number of carbonyl (C=O) groups is 1. The van der Waals surface area contributed by atoms with Crippen molar-refractivity contribution in [1.29, 1.82) is 0 Å². The van der Waals surface area contributed by atoms with Crippen LogP contribution in [0.1, 0.15) is 21.7 Å². The van der Waals surface area contributed by atoms with Gasteiger partial charge in [-0.15, -0.1) is 11.3 Å². The second kappa shape index (κ2) is 6.79. The van der Waals surface area contributed by atoms with Crippen LogP contribution in [0.25, 0.3) is 10.8 Å². The average Bonchev–Trinajstić information content (AvgIpc) is 3.17. The second-order valence-corrected chi connectivity index (χ2v) is 6.47. The molecule has 1 aromatic carbocycles. The number of rotatable bonds is 5. The lowest BCUT2D eigenvalue weighted by Crippen LogP contribution is -2.24. The molecule has 0 fully saturated rings. The number of hydrogen-bond donors (Lipinski definition) is 1. The molecule has 4 nitrogen and oxygen atoms in total. The quantitative estimate of drug-likeness (QED) is 0.774. The van der Waals surface area contributed by atoms with Crippen molar-refractivity contribution >= 4 is 17.2 Å². The van der Waals surface area contributed by atoms with Gasteiger partial charge in [0.25, 0.3) is 0 Å². The maximum Gasteiger partial charge on any atom is 0.224 e. The number of aryl methyl sites for hydroxylation is 2. The number of nitrogens with one attached hydrogen (secondary N) is 1. The molecule has 118 valence electrons. The third-order valence-corrected chi connectivity index (χ3v) is 4.85. The van der Waals surface area contributed by atoms with E-state index in [0.717, 1.165) is 32.5 Å². The van der Waals surface area contributed by atoms with E-state index in [9.17, 15) is 4.79 Å². The molecule has 23 heavy (non-hydrogen) atoms. The Labute approximate surface area is 139 Å². The van der Waals surface area contributed by atoms with E-state index < -0.39 is 0 Å². The van der Waals surface area contributed by atoms with Crippen LogP contribution in [0.3, 0.4) is 0 Å². The van der Waals surface area contributed by atoms with Crippen LogP contribution in [0.4, 0.5) is 0 Å². The standard InChI is InChI=1S/C18H18N2O2S/c1-12-6-3-4-7-14(12)10-17(21)19-11-16-13(2)20-18(23-16)15-8-5-9-22-15/h3-9H,10-11H2,1-2H3,(H,19,21). The van der Waals surface area contributed by atoms with Crippen molar-refractivity contribution in [3.05, 3.63) is 64.4 Å². The van der Waals surface area contributed by atoms with Gasteiger partial charge in [0.05, 0.1) is 24.9 Å². The van der Waals surface area contributed by atoms with Crippen molar-refractivity contribution < 1.29 is 9.21 Å². The summed E-state index contributed by atoms with van der Waals surface area (Å²) in [5.74, 6) is 0.780. The Balaban J connectivity index is 1.62. The van der Waals surface area contributed by atoms with Gasteiger partial charge in [0.2, 0.25) is 5.91 Å². The molecule has 5 heteroatoms. The molecule has 0 spiro atoms. The van der Waals surface area contributed by atoms with Crippen molar-refractivity contribution in [3.8, 4) is 10.8 Å². The van der Waals surface area contributed by atoms with Gasteiger partial charge in [-0.25, -0.2) is 4.98 Å². The van der Waals surface area contributed by atoms with E-state index >= 15 is 0 Å². The highest BCUT2D eigenvalue weighted by molar-refractivity contribution is 7.15. The third-order valence-electron chi connectivity index (χ3n) is 3.68. The molecule has 0 aliphatic rings. The normalized spacial score (nSPS) is 10.7. The van der Waals surface area contributed by atoms with Crippen LogP contribution in [0.15, 0.2) is 47.1 Å². The minimum Gasteiger partial charge on any atom is -0.462 e. The molecule has 0 saturated heterocycles. The zero-order chi connectivity index (χ0) is 16.2. The first-order chi connectivity index (χ1) is 11.1. The maximum atomic E-state index is 12.1. The maximum absolute atomic E-state index is 12.1. The second-order valence-electron chi connectivity index (χ2n) is 5.38. The van der Waals surface area contributed by atoms with Crippen LogP contribution in [-0.2, 0) is 17.8 Å². The van der Waals surface area contributed by atoms with Gasteiger partial charge in [-0.05, 0) is 37.1 Å². The highest BCUT2D eigenvalue weighted by Gasteiger charge is 2.12. The molecule has 2 aromatic heterocycles. The summed E-state index contributed by atoms with van der Waals surface area (Å²) in [7, 11) is 0. The first-order valence-electron chi connectivity index (χ1n) is 7.45. The van der Waals surface area contributed by atoms with Crippen LogP contribution in [0, 0.1) is 13.8 Å². The van der Waals surface area contributed by atoms with E-state index in [1.54, 1.807) is 17.6 Å². The Hall–Kier alpha value is -2.40. The minimum absolute atomic E-state index is 0.0200. The summed E-state index contributed by atoms with van der Waals surface area (Å²) in [5, 5.41) is 3.82. The summed E-state index contributed by atoms with van der Waals surface area (Å²) in [5.41, 5.74) is 3.12. The van der Waals surface area contributed by atoms with Crippen LogP contribution in [0.2, 0.25) is 0 Å². The van der Waals surface area contributed by atoms with Crippen molar-refractivity contribution in [2.24, 2.45) is 0 Å². The summed E-state index contributed by atoms with van der Waals surface area (Å²) in [6.45, 7) is 4.46. The summed E-state index contributed by atoms with van der Waals surface area (Å²) < 4.78 is 5.37. The van der Waals surface area contributed by atoms with Crippen LogP contribution >= 0.6 is 11.3 Å². The molecule has 0 aliphatic carbocycles. The molecule has 0 atom stereocenters. The first kappa shape index (κ1) is 15.5. The molecule has 0 aliphatic heterocycles. The minimum atomic E-state index is 0.0200. The molecular formula is C18H18N2O2S. The summed E-state index contributed by atoms with van der Waals surface area (Å²) >= 11 is 1.55. The molecule has 1 amide bonds. The lowest BCUT2D eigenvalue weighted by molar-refractivity contribution is -0.120. The Morgan fingerprint density at radius 1 is 1.22 bits per heavy atom. The molecule has 2 heterocycles. The molecular weight excluding hydrogens is 308 g/mol. The Morgan fingerprint density at radius 3 is 2.78 bits per heavy atom.